The van der Waals surface area contributed by atoms with Crippen LogP contribution in [0.15, 0.2) is 24.3 Å². The molecular formula is C19H23ClFNO3. The molecule has 0 aromatic heterocycles. The van der Waals surface area contributed by atoms with Crippen LogP contribution < -0.4 is 5.32 Å². The summed E-state index contributed by atoms with van der Waals surface area (Å²) < 4.78 is 18.5. The molecule has 1 aromatic rings. The van der Waals surface area contributed by atoms with Crippen molar-refractivity contribution >= 4 is 29.6 Å². The van der Waals surface area contributed by atoms with E-state index >= 15 is 0 Å². The number of benzene rings is 1. The number of carbonyl (C=O) groups is 2. The van der Waals surface area contributed by atoms with E-state index in [1.165, 1.54) is 30.7 Å². The van der Waals surface area contributed by atoms with Crippen LogP contribution in [0.2, 0.25) is 5.02 Å². The molecule has 25 heavy (non-hydrogen) atoms. The summed E-state index contributed by atoms with van der Waals surface area (Å²) >= 11 is 5.87. The minimum atomic E-state index is -0.723. The minimum Gasteiger partial charge on any atom is -0.452 e. The molecule has 0 radical (unpaired) electrons. The first kappa shape index (κ1) is 19.4. The van der Waals surface area contributed by atoms with Gasteiger partial charge in [-0.15, -0.1) is 0 Å². The minimum absolute atomic E-state index is 0.107. The molecule has 0 heterocycles. The average Bonchev–Trinajstić information content (AvgIpc) is 2.57. The van der Waals surface area contributed by atoms with E-state index in [2.05, 4.69) is 19.2 Å². The van der Waals surface area contributed by atoms with Gasteiger partial charge in [0, 0.05) is 17.7 Å². The number of rotatable bonds is 5. The maximum atomic E-state index is 13.6. The zero-order valence-electron chi connectivity index (χ0n) is 14.4. The van der Waals surface area contributed by atoms with E-state index in [9.17, 15) is 14.0 Å². The lowest BCUT2D eigenvalue weighted by Gasteiger charge is -2.34. The van der Waals surface area contributed by atoms with Crippen molar-refractivity contribution in [3.63, 3.8) is 0 Å². The van der Waals surface area contributed by atoms with Crippen LogP contribution in [0.1, 0.15) is 38.7 Å². The Bertz CT molecular complexity index is 642. The van der Waals surface area contributed by atoms with Crippen molar-refractivity contribution in [1.82, 2.24) is 5.32 Å². The molecule has 1 amide bonds. The highest BCUT2D eigenvalue weighted by Crippen LogP contribution is 2.29. The summed E-state index contributed by atoms with van der Waals surface area (Å²) in [6.45, 7) is 3.95. The van der Waals surface area contributed by atoms with Crippen LogP contribution in [0.5, 0.6) is 0 Å². The highest BCUT2D eigenvalue weighted by molar-refractivity contribution is 6.32. The van der Waals surface area contributed by atoms with Crippen molar-refractivity contribution in [1.29, 1.82) is 0 Å². The summed E-state index contributed by atoms with van der Waals surface area (Å²) in [7, 11) is 0. The number of hydrogen-bond donors (Lipinski definition) is 1. The van der Waals surface area contributed by atoms with Gasteiger partial charge in [-0.2, -0.15) is 0 Å². The fraction of sp³-hybridized carbons (Fsp3) is 0.474. The maximum Gasteiger partial charge on any atom is 0.331 e. The zero-order valence-corrected chi connectivity index (χ0v) is 15.2. The molecule has 0 bridgehead atoms. The van der Waals surface area contributed by atoms with Crippen LogP contribution in [0.25, 0.3) is 6.08 Å². The zero-order chi connectivity index (χ0) is 18.4. The van der Waals surface area contributed by atoms with Gasteiger partial charge >= 0.3 is 5.97 Å². The largest absolute Gasteiger partial charge is 0.452 e. The van der Waals surface area contributed by atoms with Crippen LogP contribution in [0, 0.1) is 17.7 Å². The van der Waals surface area contributed by atoms with E-state index in [1.54, 1.807) is 0 Å². The molecule has 0 saturated heterocycles. The first-order valence-corrected chi connectivity index (χ1v) is 8.84. The lowest BCUT2D eigenvalue weighted by atomic mass is 9.78. The number of amides is 1. The number of carbonyl (C=O) groups excluding carboxylic acids is 2. The molecule has 0 spiro atoms. The second-order valence-electron chi connectivity index (χ2n) is 6.52. The molecule has 1 aliphatic carbocycles. The summed E-state index contributed by atoms with van der Waals surface area (Å²) in [4.78, 5) is 23.7. The molecule has 1 N–H and O–H groups in total. The van der Waals surface area contributed by atoms with Crippen molar-refractivity contribution in [2.24, 2.45) is 11.8 Å². The van der Waals surface area contributed by atoms with E-state index < -0.39 is 11.8 Å². The van der Waals surface area contributed by atoms with Gasteiger partial charge < -0.3 is 10.1 Å². The van der Waals surface area contributed by atoms with Crippen molar-refractivity contribution < 1.29 is 18.7 Å². The van der Waals surface area contributed by atoms with Gasteiger partial charge in [-0.1, -0.05) is 44.4 Å². The molecule has 136 valence electrons. The second kappa shape index (κ2) is 8.99. The summed E-state index contributed by atoms with van der Waals surface area (Å²) in [5, 5.41) is 3.12. The van der Waals surface area contributed by atoms with Crippen LogP contribution in [0.3, 0.4) is 0 Å². The van der Waals surface area contributed by atoms with E-state index in [-0.39, 0.29) is 29.1 Å². The Balaban J connectivity index is 1.81. The van der Waals surface area contributed by atoms with Crippen molar-refractivity contribution in [3.05, 3.63) is 40.7 Å². The molecule has 3 atom stereocenters. The van der Waals surface area contributed by atoms with Crippen LogP contribution in [-0.4, -0.2) is 24.5 Å². The summed E-state index contributed by atoms with van der Waals surface area (Å²) in [6, 6.07) is 4.36. The van der Waals surface area contributed by atoms with Crippen molar-refractivity contribution in [2.75, 3.05) is 6.61 Å². The summed E-state index contributed by atoms with van der Waals surface area (Å²) in [6.07, 6.45) is 5.50. The van der Waals surface area contributed by atoms with Gasteiger partial charge in [0.1, 0.15) is 5.82 Å². The van der Waals surface area contributed by atoms with Gasteiger partial charge in [0.15, 0.2) is 6.61 Å². The predicted octanol–water partition coefficient (Wildman–Crippen LogP) is 3.98. The molecular weight excluding hydrogens is 345 g/mol. The predicted molar refractivity (Wildman–Crippen MR) is 95.5 cm³/mol. The summed E-state index contributed by atoms with van der Waals surface area (Å²) in [5.74, 6) is -0.614. The molecule has 1 saturated carbocycles. The fourth-order valence-corrected chi connectivity index (χ4v) is 3.27. The van der Waals surface area contributed by atoms with Gasteiger partial charge in [0.25, 0.3) is 5.91 Å². The Morgan fingerprint density at radius 3 is 2.84 bits per heavy atom. The molecule has 6 heteroatoms. The Hall–Kier alpha value is -1.88. The maximum absolute atomic E-state index is 13.6. The van der Waals surface area contributed by atoms with Crippen LogP contribution in [-0.2, 0) is 14.3 Å². The van der Waals surface area contributed by atoms with Gasteiger partial charge in [0.05, 0.1) is 5.02 Å². The van der Waals surface area contributed by atoms with Crippen molar-refractivity contribution in [3.8, 4) is 0 Å². The number of esters is 1. The third-order valence-electron chi connectivity index (χ3n) is 4.78. The Labute approximate surface area is 152 Å². The summed E-state index contributed by atoms with van der Waals surface area (Å²) in [5.41, 5.74) is 0.107. The number of halogens is 2. The standard InChI is InChI=1S/C19H23ClFNO3/c1-12-5-3-8-17(13(12)2)22-18(23)11-25-19(24)10-9-14-15(20)6-4-7-16(14)21/h4,6-7,9-10,12-13,17H,3,5,8,11H2,1-2H3,(H,22,23)/b10-9+/t12-,13-,17-/m1/s1. The quantitative estimate of drug-likeness (QED) is 0.632. The first-order chi connectivity index (χ1) is 11.9. The normalized spacial score (nSPS) is 23.4. The van der Waals surface area contributed by atoms with Crippen LogP contribution in [0.4, 0.5) is 4.39 Å². The van der Waals surface area contributed by atoms with E-state index in [1.807, 2.05) is 0 Å². The van der Waals surface area contributed by atoms with Gasteiger partial charge in [-0.05, 0) is 36.5 Å². The number of ether oxygens (including phenoxy) is 1. The third kappa shape index (κ3) is 5.56. The Morgan fingerprint density at radius 2 is 2.12 bits per heavy atom. The smallest absolute Gasteiger partial charge is 0.331 e. The van der Waals surface area contributed by atoms with E-state index in [0.717, 1.165) is 18.9 Å². The fourth-order valence-electron chi connectivity index (χ4n) is 3.04. The van der Waals surface area contributed by atoms with E-state index in [0.29, 0.717) is 11.8 Å². The monoisotopic (exact) mass is 367 g/mol. The molecule has 1 aliphatic rings. The highest BCUT2D eigenvalue weighted by Gasteiger charge is 2.28. The molecule has 1 fully saturated rings. The van der Waals surface area contributed by atoms with Gasteiger partial charge in [0.2, 0.25) is 0 Å². The molecule has 2 rings (SSSR count). The topological polar surface area (TPSA) is 55.4 Å². The van der Waals surface area contributed by atoms with Crippen molar-refractivity contribution in [2.45, 2.75) is 39.2 Å². The van der Waals surface area contributed by atoms with E-state index in [4.69, 9.17) is 16.3 Å². The Kier molecular flexibility index (Phi) is 7.00. The molecule has 0 unspecified atom stereocenters. The third-order valence-corrected chi connectivity index (χ3v) is 5.11. The molecule has 0 aliphatic heterocycles. The molecule has 1 aromatic carbocycles. The van der Waals surface area contributed by atoms with Gasteiger partial charge in [-0.3, -0.25) is 4.79 Å². The van der Waals surface area contributed by atoms with Crippen LogP contribution >= 0.6 is 11.6 Å². The molecule has 4 nitrogen and oxygen atoms in total. The highest BCUT2D eigenvalue weighted by atomic mass is 35.5. The number of hydrogen-bond acceptors (Lipinski definition) is 3. The van der Waals surface area contributed by atoms with Gasteiger partial charge in [-0.25, -0.2) is 9.18 Å². The lowest BCUT2D eigenvalue weighted by Crippen LogP contribution is -2.45. The average molecular weight is 368 g/mol. The second-order valence-corrected chi connectivity index (χ2v) is 6.92. The SMILES string of the molecule is C[C@@H]1[C@H](C)CCC[C@H]1NC(=O)COC(=O)/C=C/c1c(F)cccc1Cl. The Morgan fingerprint density at radius 1 is 1.36 bits per heavy atom. The first-order valence-electron chi connectivity index (χ1n) is 8.46. The lowest BCUT2D eigenvalue weighted by molar-refractivity contribution is -0.144. The number of nitrogens with one attached hydrogen (secondary N) is 1.